The fraction of sp³-hybridized carbons (Fsp3) is 0.778. The predicted octanol–water partition coefficient (Wildman–Crippen LogP) is 2.77. The van der Waals surface area contributed by atoms with E-state index in [1.807, 2.05) is 0 Å². The van der Waals surface area contributed by atoms with Crippen molar-refractivity contribution in [1.29, 1.82) is 0 Å². The Bertz CT molecular complexity index is 653. The lowest BCUT2D eigenvalue weighted by Gasteiger charge is -2.56. The maximum absolute atomic E-state index is 11.4. The molecule has 26 heavy (non-hydrogen) atoms. The Balaban J connectivity index is 2.06. The van der Waals surface area contributed by atoms with Crippen LogP contribution in [0.25, 0.3) is 0 Å². The van der Waals surface area contributed by atoms with E-state index < -0.39 is 6.09 Å². The van der Waals surface area contributed by atoms with E-state index in [0.29, 0.717) is 38.0 Å². The van der Waals surface area contributed by atoms with Crippen molar-refractivity contribution in [3.63, 3.8) is 0 Å². The van der Waals surface area contributed by atoms with E-state index >= 15 is 0 Å². The summed E-state index contributed by atoms with van der Waals surface area (Å²) in [6.45, 7) is 13.7. The lowest BCUT2D eigenvalue weighted by molar-refractivity contribution is -0.0985. The summed E-state index contributed by atoms with van der Waals surface area (Å²) in [4.78, 5) is 22.0. The first kappa shape index (κ1) is 19.5. The average Bonchev–Trinajstić information content (AvgIpc) is 2.51. The molecule has 1 saturated heterocycles. The molecule has 0 radical (unpaired) electrons. The second-order valence-corrected chi connectivity index (χ2v) is 9.12. The number of carbonyl (C=O) groups is 1. The SMILES string of the molecule is CC(C)(C)N1C(Cl)=NC2=C(CCN(C(=O)O)C2)C1N1CCOCC1(C)C. The largest absolute Gasteiger partial charge is 0.465 e. The van der Waals surface area contributed by atoms with Gasteiger partial charge in [0.05, 0.1) is 25.5 Å². The average molecular weight is 385 g/mol. The number of nitrogens with zero attached hydrogens (tertiary/aromatic N) is 4. The Labute approximate surface area is 160 Å². The molecule has 8 heteroatoms. The minimum atomic E-state index is -0.913. The first-order valence-corrected chi connectivity index (χ1v) is 9.48. The second-order valence-electron chi connectivity index (χ2n) is 8.78. The molecular formula is C18H29ClN4O3. The van der Waals surface area contributed by atoms with Gasteiger partial charge in [-0.1, -0.05) is 0 Å². The van der Waals surface area contributed by atoms with Gasteiger partial charge in [-0.15, -0.1) is 0 Å². The van der Waals surface area contributed by atoms with Gasteiger partial charge >= 0.3 is 6.09 Å². The molecular weight excluding hydrogens is 356 g/mol. The Morgan fingerprint density at radius 1 is 1.35 bits per heavy atom. The molecule has 3 aliphatic heterocycles. The van der Waals surface area contributed by atoms with E-state index in [2.05, 4.69) is 49.4 Å². The summed E-state index contributed by atoms with van der Waals surface area (Å²) in [7, 11) is 0. The summed E-state index contributed by atoms with van der Waals surface area (Å²) >= 11 is 6.64. The Morgan fingerprint density at radius 3 is 2.62 bits per heavy atom. The number of carboxylic acid groups (broad SMARTS) is 1. The third kappa shape index (κ3) is 3.44. The summed E-state index contributed by atoms with van der Waals surface area (Å²) in [6, 6.07) is 0. The molecule has 0 aliphatic carbocycles. The predicted molar refractivity (Wildman–Crippen MR) is 102 cm³/mol. The van der Waals surface area contributed by atoms with Crippen molar-refractivity contribution in [2.75, 3.05) is 32.8 Å². The third-order valence-electron chi connectivity index (χ3n) is 5.34. The maximum atomic E-state index is 11.4. The molecule has 0 bridgehead atoms. The Morgan fingerprint density at radius 2 is 2.04 bits per heavy atom. The van der Waals surface area contributed by atoms with Crippen LogP contribution >= 0.6 is 11.6 Å². The molecule has 1 atom stereocenters. The topological polar surface area (TPSA) is 68.6 Å². The molecule has 0 saturated carbocycles. The minimum Gasteiger partial charge on any atom is -0.465 e. The second kappa shape index (κ2) is 6.69. The molecule has 0 aromatic heterocycles. The number of morpholine rings is 1. The number of hydrogen-bond acceptors (Lipinski definition) is 5. The van der Waals surface area contributed by atoms with Gasteiger partial charge in [0.15, 0.2) is 0 Å². The standard InChI is InChI=1S/C18H29ClN4O3/c1-17(2,3)23-14(22-8-9-26-11-18(22,4)5)12-6-7-21(16(24)25)10-13(12)20-15(23)19/h14H,6-11H2,1-5H3,(H,24,25). The highest BCUT2D eigenvalue weighted by molar-refractivity contribution is 6.64. The highest BCUT2D eigenvalue weighted by Crippen LogP contribution is 2.39. The van der Waals surface area contributed by atoms with E-state index in [4.69, 9.17) is 16.3 Å². The van der Waals surface area contributed by atoms with E-state index in [-0.39, 0.29) is 17.2 Å². The van der Waals surface area contributed by atoms with Gasteiger partial charge in [-0.25, -0.2) is 9.79 Å². The fourth-order valence-electron chi connectivity index (χ4n) is 4.03. The lowest BCUT2D eigenvalue weighted by Crippen LogP contribution is -2.67. The zero-order valence-corrected chi connectivity index (χ0v) is 17.0. The van der Waals surface area contributed by atoms with Crippen LogP contribution in [0.1, 0.15) is 41.0 Å². The van der Waals surface area contributed by atoms with E-state index in [1.54, 1.807) is 0 Å². The molecule has 146 valence electrons. The zero-order chi connectivity index (χ0) is 19.3. The molecule has 3 rings (SSSR count). The van der Waals surface area contributed by atoms with Crippen molar-refractivity contribution in [3.8, 4) is 0 Å². The van der Waals surface area contributed by atoms with E-state index in [9.17, 15) is 9.90 Å². The molecule has 0 aromatic carbocycles. The van der Waals surface area contributed by atoms with Crippen molar-refractivity contribution in [2.45, 2.75) is 58.3 Å². The number of aliphatic imine (C=N–C) groups is 1. The van der Waals surface area contributed by atoms with Gasteiger partial charge in [0.25, 0.3) is 0 Å². The molecule has 3 aliphatic rings. The van der Waals surface area contributed by atoms with Crippen molar-refractivity contribution in [2.24, 2.45) is 4.99 Å². The fourth-order valence-corrected chi connectivity index (χ4v) is 4.47. The Kier molecular flexibility index (Phi) is 5.01. The van der Waals surface area contributed by atoms with Crippen LogP contribution in [0, 0.1) is 0 Å². The van der Waals surface area contributed by atoms with Crippen LogP contribution in [0.2, 0.25) is 0 Å². The number of ether oxygens (including phenoxy) is 1. The van der Waals surface area contributed by atoms with Crippen molar-refractivity contribution < 1.29 is 14.6 Å². The van der Waals surface area contributed by atoms with Crippen molar-refractivity contribution in [1.82, 2.24) is 14.7 Å². The summed E-state index contributed by atoms with van der Waals surface area (Å²) in [5.74, 6) is 0. The highest BCUT2D eigenvalue weighted by Gasteiger charge is 2.47. The van der Waals surface area contributed by atoms with Crippen molar-refractivity contribution >= 4 is 23.0 Å². The minimum absolute atomic E-state index is 0.0372. The molecule has 1 unspecified atom stereocenters. The molecule has 1 amide bonds. The summed E-state index contributed by atoms with van der Waals surface area (Å²) < 4.78 is 5.71. The number of hydrogen-bond donors (Lipinski definition) is 1. The first-order valence-electron chi connectivity index (χ1n) is 9.10. The Hall–Kier alpha value is -1.31. The third-order valence-corrected chi connectivity index (χ3v) is 5.61. The summed E-state index contributed by atoms with van der Waals surface area (Å²) in [6.07, 6.45) is -0.283. The van der Waals surface area contributed by atoms with Gasteiger partial charge in [-0.2, -0.15) is 0 Å². The van der Waals surface area contributed by atoms with Gasteiger partial charge in [0.1, 0.15) is 6.17 Å². The van der Waals surface area contributed by atoms with Gasteiger partial charge in [0.2, 0.25) is 5.29 Å². The van der Waals surface area contributed by atoms with Crippen molar-refractivity contribution in [3.05, 3.63) is 11.3 Å². The quantitative estimate of drug-likeness (QED) is 0.704. The van der Waals surface area contributed by atoms with Crippen LogP contribution in [0.5, 0.6) is 0 Å². The van der Waals surface area contributed by atoms with E-state index in [1.165, 1.54) is 10.5 Å². The van der Waals surface area contributed by atoms with Crippen LogP contribution in [0.15, 0.2) is 16.3 Å². The molecule has 0 spiro atoms. The lowest BCUT2D eigenvalue weighted by atomic mass is 9.91. The van der Waals surface area contributed by atoms with Crippen LogP contribution in [-0.4, -0.2) is 81.3 Å². The molecule has 0 aromatic rings. The number of rotatable bonds is 1. The maximum Gasteiger partial charge on any atom is 0.407 e. The van der Waals surface area contributed by atoms with Gasteiger partial charge < -0.3 is 19.6 Å². The molecule has 1 fully saturated rings. The van der Waals surface area contributed by atoms with Gasteiger partial charge in [-0.3, -0.25) is 4.90 Å². The number of amides is 1. The van der Waals surface area contributed by atoms with Gasteiger partial charge in [-0.05, 0) is 58.2 Å². The first-order chi connectivity index (χ1) is 12.0. The van der Waals surface area contributed by atoms with E-state index in [0.717, 1.165) is 12.2 Å². The van der Waals surface area contributed by atoms with Gasteiger partial charge in [0, 0.05) is 24.2 Å². The van der Waals surface area contributed by atoms with Crippen LogP contribution in [0.3, 0.4) is 0 Å². The molecule has 3 heterocycles. The monoisotopic (exact) mass is 384 g/mol. The smallest absolute Gasteiger partial charge is 0.407 e. The molecule has 1 N–H and O–H groups in total. The number of amidine groups is 1. The van der Waals surface area contributed by atoms with Crippen LogP contribution in [0.4, 0.5) is 4.79 Å². The number of halogens is 1. The zero-order valence-electron chi connectivity index (χ0n) is 16.3. The summed E-state index contributed by atoms with van der Waals surface area (Å²) in [5, 5.41) is 9.78. The van der Waals surface area contributed by atoms with Crippen LogP contribution in [-0.2, 0) is 4.74 Å². The van der Waals surface area contributed by atoms with Crippen LogP contribution < -0.4 is 0 Å². The highest BCUT2D eigenvalue weighted by atomic mass is 35.5. The summed E-state index contributed by atoms with van der Waals surface area (Å²) in [5.41, 5.74) is 1.60. The molecule has 7 nitrogen and oxygen atoms in total. The normalized spacial score (nSPS) is 27.3.